The summed E-state index contributed by atoms with van der Waals surface area (Å²) in [5.74, 6) is 0. The summed E-state index contributed by atoms with van der Waals surface area (Å²) in [5.41, 5.74) is 1.21. The van der Waals surface area contributed by atoms with Crippen molar-refractivity contribution >= 4 is 6.03 Å². The molecule has 2 heterocycles. The maximum atomic E-state index is 12.3. The lowest BCUT2D eigenvalue weighted by Gasteiger charge is -2.23. The second kappa shape index (κ2) is 4.98. The predicted molar refractivity (Wildman–Crippen MR) is 70.2 cm³/mol. The first-order chi connectivity index (χ1) is 8.84. The molecule has 2 amide bonds. The lowest BCUT2D eigenvalue weighted by atomic mass is 10.2. The van der Waals surface area contributed by atoms with Crippen molar-refractivity contribution in [3.63, 3.8) is 0 Å². The Hall–Kier alpha value is -1.55. The number of nitrogens with one attached hydrogen (secondary N) is 1. The van der Waals surface area contributed by atoms with Crippen molar-refractivity contribution in [2.24, 2.45) is 0 Å². The molecule has 0 spiro atoms. The number of rotatable bonds is 3. The van der Waals surface area contributed by atoms with Gasteiger partial charge in [-0.05, 0) is 18.5 Å². The standard InChI is InChI=1S/C14H19N3O/c18-14-16(11-12-4-2-1-3-5-12)8-9-17(14)13-6-7-15-10-13/h1-5,13,15H,6-11H2. The molecule has 1 N–H and O–H groups in total. The van der Waals surface area contributed by atoms with E-state index in [1.165, 1.54) is 5.56 Å². The number of amides is 2. The van der Waals surface area contributed by atoms with Gasteiger partial charge in [-0.3, -0.25) is 0 Å². The van der Waals surface area contributed by atoms with Gasteiger partial charge in [0.25, 0.3) is 0 Å². The first kappa shape index (κ1) is 11.5. The Labute approximate surface area is 108 Å². The monoisotopic (exact) mass is 245 g/mol. The minimum Gasteiger partial charge on any atom is -0.319 e. The summed E-state index contributed by atoms with van der Waals surface area (Å²) in [6, 6.07) is 10.8. The number of urea groups is 1. The number of hydrogen-bond acceptors (Lipinski definition) is 2. The fraction of sp³-hybridized carbons (Fsp3) is 0.500. The highest BCUT2D eigenvalue weighted by Gasteiger charge is 2.34. The summed E-state index contributed by atoms with van der Waals surface area (Å²) in [4.78, 5) is 16.3. The molecule has 0 aromatic heterocycles. The lowest BCUT2D eigenvalue weighted by Crippen LogP contribution is -2.40. The van der Waals surface area contributed by atoms with Gasteiger partial charge in [-0.2, -0.15) is 0 Å². The van der Waals surface area contributed by atoms with E-state index in [2.05, 4.69) is 17.4 Å². The highest BCUT2D eigenvalue weighted by molar-refractivity contribution is 5.77. The van der Waals surface area contributed by atoms with Crippen LogP contribution < -0.4 is 5.32 Å². The van der Waals surface area contributed by atoms with Crippen LogP contribution >= 0.6 is 0 Å². The number of carbonyl (C=O) groups is 1. The number of hydrogen-bond donors (Lipinski definition) is 1. The van der Waals surface area contributed by atoms with Gasteiger partial charge in [0, 0.05) is 32.2 Å². The summed E-state index contributed by atoms with van der Waals surface area (Å²) in [6.07, 6.45) is 1.09. The first-order valence-electron chi connectivity index (χ1n) is 6.65. The lowest BCUT2D eigenvalue weighted by molar-refractivity contribution is 0.178. The van der Waals surface area contributed by atoms with E-state index in [-0.39, 0.29) is 6.03 Å². The zero-order chi connectivity index (χ0) is 12.4. The Morgan fingerprint density at radius 1 is 1.22 bits per heavy atom. The van der Waals surface area contributed by atoms with Gasteiger partial charge in [0.1, 0.15) is 0 Å². The Balaban J connectivity index is 1.63. The summed E-state index contributed by atoms with van der Waals surface area (Å²) in [5, 5.41) is 3.32. The number of nitrogens with zero attached hydrogens (tertiary/aromatic N) is 2. The molecule has 0 aliphatic carbocycles. The Kier molecular flexibility index (Phi) is 3.19. The van der Waals surface area contributed by atoms with E-state index in [4.69, 9.17) is 0 Å². The second-order valence-corrected chi connectivity index (χ2v) is 5.03. The van der Waals surface area contributed by atoms with Gasteiger partial charge in [0.15, 0.2) is 0 Å². The van der Waals surface area contributed by atoms with Crippen molar-refractivity contribution < 1.29 is 4.79 Å². The zero-order valence-corrected chi connectivity index (χ0v) is 10.5. The molecule has 96 valence electrons. The minimum atomic E-state index is 0.201. The van der Waals surface area contributed by atoms with Crippen LogP contribution in [0.5, 0.6) is 0 Å². The average molecular weight is 245 g/mol. The molecule has 0 radical (unpaired) electrons. The molecule has 2 aliphatic rings. The number of benzene rings is 1. The van der Waals surface area contributed by atoms with Gasteiger partial charge in [0.05, 0.1) is 0 Å². The second-order valence-electron chi connectivity index (χ2n) is 5.03. The van der Waals surface area contributed by atoms with Gasteiger partial charge in [-0.15, -0.1) is 0 Å². The smallest absolute Gasteiger partial charge is 0.319 e. The Morgan fingerprint density at radius 3 is 2.78 bits per heavy atom. The summed E-state index contributed by atoms with van der Waals surface area (Å²) >= 11 is 0. The Morgan fingerprint density at radius 2 is 2.06 bits per heavy atom. The van der Waals surface area contributed by atoms with Crippen molar-refractivity contribution in [2.75, 3.05) is 26.2 Å². The molecule has 1 unspecified atom stereocenters. The topological polar surface area (TPSA) is 35.6 Å². The third-order valence-electron chi connectivity index (χ3n) is 3.82. The average Bonchev–Trinajstić information content (AvgIpc) is 3.02. The molecule has 1 atom stereocenters. The van der Waals surface area contributed by atoms with Crippen molar-refractivity contribution in [3.8, 4) is 0 Å². The summed E-state index contributed by atoms with van der Waals surface area (Å²) in [6.45, 7) is 4.44. The molecule has 18 heavy (non-hydrogen) atoms. The first-order valence-corrected chi connectivity index (χ1v) is 6.65. The quantitative estimate of drug-likeness (QED) is 0.871. The molecule has 0 bridgehead atoms. The molecule has 2 fully saturated rings. The van der Waals surface area contributed by atoms with Crippen LogP contribution in [0.3, 0.4) is 0 Å². The molecule has 1 aromatic rings. The van der Waals surface area contributed by atoms with Crippen LogP contribution in [0, 0.1) is 0 Å². The SMILES string of the molecule is O=C1N(Cc2ccccc2)CCN1C1CCNC1. The van der Waals surface area contributed by atoms with E-state index in [9.17, 15) is 4.79 Å². The maximum absolute atomic E-state index is 12.3. The molecule has 3 rings (SSSR count). The molecular weight excluding hydrogens is 226 g/mol. The van der Waals surface area contributed by atoms with E-state index < -0.39 is 0 Å². The van der Waals surface area contributed by atoms with E-state index in [1.807, 2.05) is 28.0 Å². The van der Waals surface area contributed by atoms with E-state index in [1.54, 1.807) is 0 Å². The largest absolute Gasteiger partial charge is 0.320 e. The fourth-order valence-corrected chi connectivity index (χ4v) is 2.80. The van der Waals surface area contributed by atoms with Crippen LogP contribution in [0.1, 0.15) is 12.0 Å². The van der Waals surface area contributed by atoms with Crippen LogP contribution in [-0.2, 0) is 6.54 Å². The predicted octanol–water partition coefficient (Wildman–Crippen LogP) is 1.29. The Bertz CT molecular complexity index is 414. The van der Waals surface area contributed by atoms with Gasteiger partial charge >= 0.3 is 6.03 Å². The zero-order valence-electron chi connectivity index (χ0n) is 10.5. The van der Waals surface area contributed by atoms with Crippen LogP contribution in [0.25, 0.3) is 0 Å². The molecule has 4 heteroatoms. The van der Waals surface area contributed by atoms with E-state index in [0.29, 0.717) is 6.04 Å². The van der Waals surface area contributed by atoms with Crippen LogP contribution in [0.15, 0.2) is 30.3 Å². The van der Waals surface area contributed by atoms with Crippen LogP contribution in [0.4, 0.5) is 4.79 Å². The van der Waals surface area contributed by atoms with Gasteiger partial charge in [0.2, 0.25) is 0 Å². The molecule has 1 aromatic carbocycles. The molecule has 4 nitrogen and oxygen atoms in total. The van der Waals surface area contributed by atoms with E-state index >= 15 is 0 Å². The van der Waals surface area contributed by atoms with Crippen molar-refractivity contribution in [3.05, 3.63) is 35.9 Å². The summed E-state index contributed by atoms with van der Waals surface area (Å²) in [7, 11) is 0. The minimum absolute atomic E-state index is 0.201. The van der Waals surface area contributed by atoms with Crippen molar-refractivity contribution in [1.29, 1.82) is 0 Å². The maximum Gasteiger partial charge on any atom is 0.320 e. The van der Waals surface area contributed by atoms with Crippen LogP contribution in [0.2, 0.25) is 0 Å². The number of carbonyl (C=O) groups excluding carboxylic acids is 1. The third-order valence-corrected chi connectivity index (χ3v) is 3.82. The van der Waals surface area contributed by atoms with Gasteiger partial charge < -0.3 is 15.1 Å². The molecule has 2 aliphatic heterocycles. The highest BCUT2D eigenvalue weighted by Crippen LogP contribution is 2.18. The van der Waals surface area contributed by atoms with Crippen molar-refractivity contribution in [2.45, 2.75) is 19.0 Å². The third kappa shape index (κ3) is 2.20. The normalized spacial score (nSPS) is 24.0. The van der Waals surface area contributed by atoms with Crippen molar-refractivity contribution in [1.82, 2.24) is 15.1 Å². The summed E-state index contributed by atoms with van der Waals surface area (Å²) < 4.78 is 0. The fourth-order valence-electron chi connectivity index (χ4n) is 2.80. The van der Waals surface area contributed by atoms with Crippen LogP contribution in [-0.4, -0.2) is 48.1 Å². The molecule has 2 saturated heterocycles. The van der Waals surface area contributed by atoms with E-state index in [0.717, 1.165) is 39.1 Å². The highest BCUT2D eigenvalue weighted by atomic mass is 16.2. The van der Waals surface area contributed by atoms with Gasteiger partial charge in [-0.25, -0.2) is 4.79 Å². The molecular formula is C14H19N3O. The van der Waals surface area contributed by atoms with Gasteiger partial charge in [-0.1, -0.05) is 30.3 Å². The molecule has 0 saturated carbocycles.